The first-order valence-electron chi connectivity index (χ1n) is 10.8. The summed E-state index contributed by atoms with van der Waals surface area (Å²) in [5.41, 5.74) is 0. The van der Waals surface area contributed by atoms with Crippen molar-refractivity contribution in [1.29, 1.82) is 0 Å². The number of unbranched alkanes of at least 4 members (excludes halogenated alkanes) is 6. The Morgan fingerprint density at radius 3 is 1.52 bits per heavy atom. The summed E-state index contributed by atoms with van der Waals surface area (Å²) >= 11 is 0. The summed E-state index contributed by atoms with van der Waals surface area (Å²) in [6.07, 6.45) is 20.2. The van der Waals surface area contributed by atoms with Gasteiger partial charge in [-0.2, -0.15) is 0 Å². The van der Waals surface area contributed by atoms with Gasteiger partial charge in [0.25, 0.3) is 0 Å². The van der Waals surface area contributed by atoms with Gasteiger partial charge in [-0.1, -0.05) is 104 Å². The van der Waals surface area contributed by atoms with Gasteiger partial charge in [0.15, 0.2) is 0 Å². The Morgan fingerprint density at radius 1 is 0.565 bits per heavy atom. The Morgan fingerprint density at radius 2 is 1.04 bits per heavy atom. The van der Waals surface area contributed by atoms with E-state index in [9.17, 15) is 0 Å². The first-order chi connectivity index (χ1) is 11.1. The van der Waals surface area contributed by atoms with E-state index in [1.165, 1.54) is 96.4 Å². The van der Waals surface area contributed by atoms with Gasteiger partial charge in [-0.25, -0.2) is 0 Å². The van der Waals surface area contributed by atoms with E-state index in [0.29, 0.717) is 0 Å². The summed E-state index contributed by atoms with van der Waals surface area (Å²) in [5, 5.41) is 0. The van der Waals surface area contributed by atoms with Crippen LogP contribution in [-0.4, -0.2) is 25.5 Å². The molecule has 0 aliphatic carbocycles. The predicted octanol–water partition coefficient (Wildman–Crippen LogP) is 7.30. The zero-order chi connectivity index (χ0) is 17.3. The van der Waals surface area contributed by atoms with Crippen molar-refractivity contribution in [3.8, 4) is 0 Å². The lowest BCUT2D eigenvalue weighted by Crippen LogP contribution is -2.16. The standard InChI is InChI=1S/C22H47N/c1-6-9-16-22(19-20-23(4)5)18-15-13-11-10-12-14-17-21(7-2)8-3/h21-22H,6-20H2,1-5H3. The predicted molar refractivity (Wildman–Crippen MR) is 107 cm³/mol. The Balaban J connectivity index is 3.56. The molecule has 0 radical (unpaired) electrons. The van der Waals surface area contributed by atoms with Crippen LogP contribution in [0.15, 0.2) is 0 Å². The maximum atomic E-state index is 2.35. The third kappa shape index (κ3) is 15.2. The van der Waals surface area contributed by atoms with Crippen molar-refractivity contribution in [3.63, 3.8) is 0 Å². The molecule has 0 rings (SSSR count). The fourth-order valence-electron chi connectivity index (χ4n) is 3.64. The van der Waals surface area contributed by atoms with Gasteiger partial charge in [0, 0.05) is 0 Å². The van der Waals surface area contributed by atoms with Crippen molar-refractivity contribution in [2.45, 2.75) is 111 Å². The highest BCUT2D eigenvalue weighted by atomic mass is 15.0. The molecule has 0 aliphatic rings. The lowest BCUT2D eigenvalue weighted by Gasteiger charge is -2.19. The van der Waals surface area contributed by atoms with E-state index < -0.39 is 0 Å². The lowest BCUT2D eigenvalue weighted by molar-refractivity contribution is 0.316. The zero-order valence-electron chi connectivity index (χ0n) is 17.2. The van der Waals surface area contributed by atoms with E-state index in [0.717, 1.165) is 11.8 Å². The van der Waals surface area contributed by atoms with Crippen molar-refractivity contribution < 1.29 is 0 Å². The van der Waals surface area contributed by atoms with E-state index in [2.05, 4.69) is 39.8 Å². The largest absolute Gasteiger partial charge is 0.309 e. The van der Waals surface area contributed by atoms with E-state index in [4.69, 9.17) is 0 Å². The monoisotopic (exact) mass is 325 g/mol. The highest BCUT2D eigenvalue weighted by molar-refractivity contribution is 4.62. The Hall–Kier alpha value is -0.0400. The van der Waals surface area contributed by atoms with Crippen LogP contribution in [0.25, 0.3) is 0 Å². The summed E-state index contributed by atoms with van der Waals surface area (Å²) in [5.74, 6) is 1.97. The second-order valence-corrected chi connectivity index (χ2v) is 7.98. The normalized spacial score (nSPS) is 13.2. The summed E-state index contributed by atoms with van der Waals surface area (Å²) in [7, 11) is 4.41. The van der Waals surface area contributed by atoms with Crippen LogP contribution in [0.3, 0.4) is 0 Å². The maximum absolute atomic E-state index is 2.35. The molecule has 0 aromatic rings. The van der Waals surface area contributed by atoms with Crippen LogP contribution >= 0.6 is 0 Å². The molecule has 0 saturated heterocycles. The Bertz CT molecular complexity index is 220. The van der Waals surface area contributed by atoms with Gasteiger partial charge in [-0.15, -0.1) is 0 Å². The summed E-state index contributed by atoms with van der Waals surface area (Å²) in [4.78, 5) is 2.35. The quantitative estimate of drug-likeness (QED) is 0.253. The molecule has 0 spiro atoms. The van der Waals surface area contributed by atoms with Crippen LogP contribution in [0, 0.1) is 11.8 Å². The molecule has 23 heavy (non-hydrogen) atoms. The topological polar surface area (TPSA) is 3.24 Å². The summed E-state index contributed by atoms with van der Waals surface area (Å²) < 4.78 is 0. The molecule has 140 valence electrons. The van der Waals surface area contributed by atoms with Crippen molar-refractivity contribution in [2.24, 2.45) is 11.8 Å². The fourth-order valence-corrected chi connectivity index (χ4v) is 3.64. The number of nitrogens with zero attached hydrogens (tertiary/aromatic N) is 1. The van der Waals surface area contributed by atoms with Gasteiger partial charge in [-0.05, 0) is 38.9 Å². The van der Waals surface area contributed by atoms with E-state index in [-0.39, 0.29) is 0 Å². The van der Waals surface area contributed by atoms with Crippen LogP contribution in [0.5, 0.6) is 0 Å². The summed E-state index contributed by atoms with van der Waals surface area (Å²) in [6, 6.07) is 0. The molecule has 0 aromatic heterocycles. The highest BCUT2D eigenvalue weighted by Crippen LogP contribution is 2.22. The van der Waals surface area contributed by atoms with Crippen molar-refractivity contribution >= 4 is 0 Å². The van der Waals surface area contributed by atoms with Gasteiger partial charge in [0.2, 0.25) is 0 Å². The molecule has 0 fully saturated rings. The average molecular weight is 326 g/mol. The smallest absolute Gasteiger partial charge is 0.00222 e. The van der Waals surface area contributed by atoms with Gasteiger partial charge < -0.3 is 4.90 Å². The second-order valence-electron chi connectivity index (χ2n) is 7.98. The first kappa shape index (κ1) is 23.0. The Labute approximate surface area is 148 Å². The molecule has 0 N–H and O–H groups in total. The van der Waals surface area contributed by atoms with Crippen LogP contribution < -0.4 is 0 Å². The third-order valence-corrected chi connectivity index (χ3v) is 5.58. The van der Waals surface area contributed by atoms with Gasteiger partial charge in [0.05, 0.1) is 0 Å². The van der Waals surface area contributed by atoms with E-state index in [1.54, 1.807) is 0 Å². The number of rotatable bonds is 17. The molecule has 1 unspecified atom stereocenters. The SMILES string of the molecule is CCCCC(CCCCCCCCC(CC)CC)CCN(C)C. The van der Waals surface area contributed by atoms with Gasteiger partial charge in [0.1, 0.15) is 0 Å². The minimum atomic E-state index is 0.979. The number of hydrogen-bond donors (Lipinski definition) is 0. The number of hydrogen-bond acceptors (Lipinski definition) is 1. The molecule has 1 atom stereocenters. The van der Waals surface area contributed by atoms with Gasteiger partial charge >= 0.3 is 0 Å². The van der Waals surface area contributed by atoms with Crippen molar-refractivity contribution in [2.75, 3.05) is 20.6 Å². The molecule has 1 nitrogen and oxygen atoms in total. The molecule has 0 bridgehead atoms. The van der Waals surface area contributed by atoms with Gasteiger partial charge in [-0.3, -0.25) is 0 Å². The zero-order valence-corrected chi connectivity index (χ0v) is 17.2. The molecule has 1 heteroatoms. The lowest BCUT2D eigenvalue weighted by atomic mass is 9.91. The highest BCUT2D eigenvalue weighted by Gasteiger charge is 2.08. The molecular formula is C22H47N. The molecular weight excluding hydrogens is 278 g/mol. The van der Waals surface area contributed by atoms with Crippen LogP contribution in [-0.2, 0) is 0 Å². The molecule has 0 heterocycles. The molecule has 0 saturated carbocycles. The van der Waals surface area contributed by atoms with Crippen LogP contribution in [0.1, 0.15) is 111 Å². The average Bonchev–Trinajstić information content (AvgIpc) is 2.55. The minimum Gasteiger partial charge on any atom is -0.309 e. The summed E-state index contributed by atoms with van der Waals surface area (Å²) in [6.45, 7) is 8.29. The van der Waals surface area contributed by atoms with E-state index in [1.807, 2.05) is 0 Å². The maximum Gasteiger partial charge on any atom is -0.00222 e. The van der Waals surface area contributed by atoms with Crippen molar-refractivity contribution in [1.82, 2.24) is 4.90 Å². The van der Waals surface area contributed by atoms with Crippen LogP contribution in [0.2, 0.25) is 0 Å². The molecule has 0 aliphatic heterocycles. The second kappa shape index (κ2) is 16.8. The third-order valence-electron chi connectivity index (χ3n) is 5.58. The van der Waals surface area contributed by atoms with E-state index >= 15 is 0 Å². The molecule has 0 amide bonds. The Kier molecular flexibility index (Phi) is 16.8. The van der Waals surface area contributed by atoms with Crippen LogP contribution in [0.4, 0.5) is 0 Å². The first-order valence-corrected chi connectivity index (χ1v) is 10.8. The molecule has 0 aromatic carbocycles. The van der Waals surface area contributed by atoms with Crippen molar-refractivity contribution in [3.05, 3.63) is 0 Å². The fraction of sp³-hybridized carbons (Fsp3) is 1.00. The minimum absolute atomic E-state index is 0.979.